The Kier molecular flexibility index (Phi) is 5.25. The predicted molar refractivity (Wildman–Crippen MR) is 83.8 cm³/mol. The van der Waals surface area contributed by atoms with Crippen molar-refractivity contribution < 1.29 is 5.11 Å². The second-order valence-corrected chi connectivity index (χ2v) is 6.26. The third kappa shape index (κ3) is 3.50. The molecule has 1 fully saturated rings. The van der Waals surface area contributed by atoms with Crippen LogP contribution in [0.3, 0.4) is 0 Å². The summed E-state index contributed by atoms with van der Waals surface area (Å²) in [5.41, 5.74) is 2.57. The summed E-state index contributed by atoms with van der Waals surface area (Å²) in [5.74, 6) is 0. The van der Waals surface area contributed by atoms with Gasteiger partial charge in [0.15, 0.2) is 0 Å². The van der Waals surface area contributed by atoms with Gasteiger partial charge in [-0.05, 0) is 57.0 Å². The zero-order chi connectivity index (χ0) is 13.8. The normalized spacial score (nSPS) is 24.3. The fourth-order valence-electron chi connectivity index (χ4n) is 2.91. The number of nitrogens with zero attached hydrogens (tertiary/aromatic N) is 1. The average molecular weight is 327 g/mol. The Hall–Kier alpha value is -0.580. The van der Waals surface area contributed by atoms with Gasteiger partial charge in [0, 0.05) is 35.4 Å². The minimum Gasteiger partial charge on any atom is -0.396 e. The number of aryl methyl sites for hydroxylation is 1. The Morgan fingerprint density at radius 2 is 2.26 bits per heavy atom. The van der Waals surface area contributed by atoms with Crippen molar-refractivity contribution in [2.45, 2.75) is 38.8 Å². The van der Waals surface area contributed by atoms with E-state index in [0.717, 1.165) is 30.4 Å². The molecule has 2 unspecified atom stereocenters. The van der Waals surface area contributed by atoms with Gasteiger partial charge in [0.1, 0.15) is 0 Å². The Bertz CT molecular complexity index is 425. The fraction of sp³-hybridized carbons (Fsp3) is 0.600. The van der Waals surface area contributed by atoms with E-state index in [2.05, 4.69) is 58.2 Å². The molecule has 1 heterocycles. The van der Waals surface area contributed by atoms with Crippen LogP contribution >= 0.6 is 15.9 Å². The SMILES string of the molecule is Cc1cc(Br)ccc1N1C(C)CCNCC1CCO. The summed E-state index contributed by atoms with van der Waals surface area (Å²) in [7, 11) is 0. The Balaban J connectivity index is 2.34. The monoisotopic (exact) mass is 326 g/mol. The highest BCUT2D eigenvalue weighted by Gasteiger charge is 2.26. The van der Waals surface area contributed by atoms with Crippen LogP contribution in [0.1, 0.15) is 25.3 Å². The van der Waals surface area contributed by atoms with Gasteiger partial charge in [-0.2, -0.15) is 0 Å². The van der Waals surface area contributed by atoms with Gasteiger partial charge in [0.25, 0.3) is 0 Å². The number of hydrogen-bond donors (Lipinski definition) is 2. The van der Waals surface area contributed by atoms with Crippen LogP contribution in [0.5, 0.6) is 0 Å². The van der Waals surface area contributed by atoms with Crippen LogP contribution in [-0.4, -0.2) is 36.9 Å². The number of anilines is 1. The molecular formula is C15H23BrN2O. The molecule has 1 aromatic rings. The maximum Gasteiger partial charge on any atom is 0.0451 e. The number of benzene rings is 1. The van der Waals surface area contributed by atoms with Crippen LogP contribution in [0.4, 0.5) is 5.69 Å². The highest BCUT2D eigenvalue weighted by Crippen LogP contribution is 2.29. The van der Waals surface area contributed by atoms with Crippen molar-refractivity contribution in [3.05, 3.63) is 28.2 Å². The van der Waals surface area contributed by atoms with Gasteiger partial charge in [-0.1, -0.05) is 15.9 Å². The number of nitrogens with one attached hydrogen (secondary N) is 1. The van der Waals surface area contributed by atoms with Crippen molar-refractivity contribution in [3.63, 3.8) is 0 Å². The number of aliphatic hydroxyl groups is 1. The van der Waals surface area contributed by atoms with E-state index >= 15 is 0 Å². The van der Waals surface area contributed by atoms with E-state index in [9.17, 15) is 5.11 Å². The Morgan fingerprint density at radius 3 is 2.95 bits per heavy atom. The summed E-state index contributed by atoms with van der Waals surface area (Å²) in [6, 6.07) is 7.31. The van der Waals surface area contributed by atoms with Crippen LogP contribution in [-0.2, 0) is 0 Å². The van der Waals surface area contributed by atoms with Gasteiger partial charge in [0.2, 0.25) is 0 Å². The van der Waals surface area contributed by atoms with E-state index in [1.807, 2.05) is 0 Å². The number of hydrogen-bond acceptors (Lipinski definition) is 3. The lowest BCUT2D eigenvalue weighted by atomic mass is 10.1. The third-order valence-electron chi connectivity index (χ3n) is 3.89. The number of aliphatic hydroxyl groups excluding tert-OH is 1. The van der Waals surface area contributed by atoms with Crippen molar-refractivity contribution in [1.82, 2.24) is 5.32 Å². The van der Waals surface area contributed by atoms with E-state index in [1.165, 1.54) is 11.3 Å². The second kappa shape index (κ2) is 6.73. The molecule has 2 atom stereocenters. The Morgan fingerprint density at radius 1 is 1.47 bits per heavy atom. The summed E-state index contributed by atoms with van der Waals surface area (Å²) < 4.78 is 1.12. The summed E-state index contributed by atoms with van der Waals surface area (Å²) in [6.07, 6.45) is 1.95. The molecule has 4 heteroatoms. The lowest BCUT2D eigenvalue weighted by molar-refractivity contribution is 0.271. The standard InChI is InChI=1S/C15H23BrN2O/c1-11-9-13(16)3-4-15(11)18-12(2)5-7-17-10-14(18)6-8-19/h3-4,9,12,14,17,19H,5-8,10H2,1-2H3. The molecular weight excluding hydrogens is 304 g/mol. The minimum atomic E-state index is 0.241. The molecule has 1 aliphatic rings. The number of rotatable bonds is 3. The predicted octanol–water partition coefficient (Wildman–Crippen LogP) is 2.70. The van der Waals surface area contributed by atoms with Crippen molar-refractivity contribution in [3.8, 4) is 0 Å². The molecule has 1 aliphatic heterocycles. The largest absolute Gasteiger partial charge is 0.396 e. The second-order valence-electron chi connectivity index (χ2n) is 5.35. The zero-order valence-electron chi connectivity index (χ0n) is 11.7. The van der Waals surface area contributed by atoms with Gasteiger partial charge in [-0.15, -0.1) is 0 Å². The summed E-state index contributed by atoms with van der Waals surface area (Å²) >= 11 is 3.53. The van der Waals surface area contributed by atoms with Crippen LogP contribution < -0.4 is 10.2 Å². The molecule has 0 spiro atoms. The molecule has 0 radical (unpaired) electrons. The fourth-order valence-corrected chi connectivity index (χ4v) is 3.39. The van der Waals surface area contributed by atoms with E-state index in [4.69, 9.17) is 0 Å². The quantitative estimate of drug-likeness (QED) is 0.896. The van der Waals surface area contributed by atoms with Gasteiger partial charge in [0.05, 0.1) is 0 Å². The van der Waals surface area contributed by atoms with E-state index in [-0.39, 0.29) is 6.61 Å². The maximum atomic E-state index is 9.31. The minimum absolute atomic E-state index is 0.241. The molecule has 0 aliphatic carbocycles. The van der Waals surface area contributed by atoms with Crippen molar-refractivity contribution in [1.29, 1.82) is 0 Å². The van der Waals surface area contributed by atoms with Crippen LogP contribution in [0.15, 0.2) is 22.7 Å². The summed E-state index contributed by atoms with van der Waals surface area (Å²) in [6.45, 7) is 6.67. The van der Waals surface area contributed by atoms with E-state index < -0.39 is 0 Å². The first-order chi connectivity index (χ1) is 9.13. The van der Waals surface area contributed by atoms with Crippen molar-refractivity contribution in [2.24, 2.45) is 0 Å². The van der Waals surface area contributed by atoms with E-state index in [0.29, 0.717) is 12.1 Å². The molecule has 0 saturated carbocycles. The highest BCUT2D eigenvalue weighted by atomic mass is 79.9. The maximum absolute atomic E-state index is 9.31. The molecule has 0 amide bonds. The summed E-state index contributed by atoms with van der Waals surface area (Å²) in [5, 5.41) is 12.8. The molecule has 1 saturated heterocycles. The lowest BCUT2D eigenvalue weighted by Crippen LogP contribution is -2.44. The lowest BCUT2D eigenvalue weighted by Gasteiger charge is -2.37. The average Bonchev–Trinajstić information content (AvgIpc) is 2.53. The Labute approximate surface area is 124 Å². The molecule has 0 bridgehead atoms. The molecule has 106 valence electrons. The van der Waals surface area contributed by atoms with Crippen LogP contribution in [0.25, 0.3) is 0 Å². The zero-order valence-corrected chi connectivity index (χ0v) is 13.3. The smallest absolute Gasteiger partial charge is 0.0451 e. The van der Waals surface area contributed by atoms with Gasteiger partial charge in [-0.3, -0.25) is 0 Å². The molecule has 2 N–H and O–H groups in total. The van der Waals surface area contributed by atoms with Crippen molar-refractivity contribution in [2.75, 3.05) is 24.6 Å². The van der Waals surface area contributed by atoms with Crippen LogP contribution in [0, 0.1) is 6.92 Å². The molecule has 19 heavy (non-hydrogen) atoms. The first kappa shape index (κ1) is 14.8. The number of halogens is 1. The molecule has 0 aromatic heterocycles. The first-order valence-corrected chi connectivity index (χ1v) is 7.79. The van der Waals surface area contributed by atoms with Gasteiger partial charge >= 0.3 is 0 Å². The highest BCUT2D eigenvalue weighted by molar-refractivity contribution is 9.10. The van der Waals surface area contributed by atoms with Crippen LogP contribution in [0.2, 0.25) is 0 Å². The summed E-state index contributed by atoms with van der Waals surface area (Å²) in [4.78, 5) is 2.48. The molecule has 2 rings (SSSR count). The van der Waals surface area contributed by atoms with Gasteiger partial charge in [-0.25, -0.2) is 0 Å². The molecule has 1 aromatic carbocycles. The third-order valence-corrected chi connectivity index (χ3v) is 4.38. The van der Waals surface area contributed by atoms with Crippen molar-refractivity contribution >= 4 is 21.6 Å². The topological polar surface area (TPSA) is 35.5 Å². The first-order valence-electron chi connectivity index (χ1n) is 6.99. The van der Waals surface area contributed by atoms with E-state index in [1.54, 1.807) is 0 Å². The molecule has 3 nitrogen and oxygen atoms in total. The van der Waals surface area contributed by atoms with Gasteiger partial charge < -0.3 is 15.3 Å².